The Bertz CT molecular complexity index is 1520. The van der Waals surface area contributed by atoms with Gasteiger partial charge in [0.2, 0.25) is 17.6 Å². The molecule has 2 aromatic carbocycles. The van der Waals surface area contributed by atoms with Gasteiger partial charge in [0.25, 0.3) is 5.56 Å². The van der Waals surface area contributed by atoms with Crippen molar-refractivity contribution in [2.45, 2.75) is 45.8 Å². The van der Waals surface area contributed by atoms with Crippen LogP contribution in [0.4, 0.5) is 5.69 Å². The molecule has 0 radical (unpaired) electrons. The molecule has 2 heterocycles. The number of nitrogens with zero attached hydrogens (tertiary/aromatic N) is 4. The van der Waals surface area contributed by atoms with Crippen molar-refractivity contribution in [1.82, 2.24) is 24.1 Å². The van der Waals surface area contributed by atoms with E-state index < -0.39 is 11.6 Å². The molecule has 11 heteroatoms. The molecule has 1 atom stereocenters. The molecule has 4 rings (SSSR count). The molecule has 0 saturated carbocycles. The second-order valence-electron chi connectivity index (χ2n) is 8.23. The van der Waals surface area contributed by atoms with Gasteiger partial charge in [-0.25, -0.2) is 13.9 Å². The fraction of sp³-hybridized carbons (Fsp3) is 0.292. The van der Waals surface area contributed by atoms with E-state index >= 15 is 0 Å². The van der Waals surface area contributed by atoms with Crippen LogP contribution in [-0.4, -0.2) is 36.6 Å². The summed E-state index contributed by atoms with van der Waals surface area (Å²) in [5, 5.41) is 10.7. The predicted octanol–water partition coefficient (Wildman–Crippen LogP) is 2.41. The molecule has 0 unspecified atom stereocenters. The second-order valence-corrected chi connectivity index (χ2v) is 8.67. The van der Waals surface area contributed by atoms with Gasteiger partial charge in [-0.3, -0.25) is 19.0 Å². The molecule has 4 aromatic rings. The highest BCUT2D eigenvalue weighted by atomic mass is 35.5. The highest BCUT2D eigenvalue weighted by Gasteiger charge is 2.19. The van der Waals surface area contributed by atoms with E-state index in [0.29, 0.717) is 21.6 Å². The van der Waals surface area contributed by atoms with Crippen molar-refractivity contribution in [2.75, 3.05) is 5.32 Å². The summed E-state index contributed by atoms with van der Waals surface area (Å²) >= 11 is 5.87. The standard InChI is InChI=1S/C24H25ClN6O4/c1-3-15(2)26-20(32)12-13-29-22(34)18-6-4-5-7-19(18)31-23(29)28-30(24(31)35)14-21(33)27-17-10-8-16(25)9-11-17/h4-11,15H,3,12-14H2,1-2H3,(H,26,32)(H,27,33)/t15-/m1/s1. The average Bonchev–Trinajstić information content (AvgIpc) is 3.16. The first-order chi connectivity index (χ1) is 16.8. The minimum Gasteiger partial charge on any atom is -0.354 e. The third-order valence-electron chi connectivity index (χ3n) is 5.69. The largest absolute Gasteiger partial charge is 0.354 e. The van der Waals surface area contributed by atoms with Crippen LogP contribution in [0.2, 0.25) is 5.02 Å². The minimum atomic E-state index is -0.569. The Labute approximate surface area is 205 Å². The van der Waals surface area contributed by atoms with E-state index in [4.69, 9.17) is 11.6 Å². The van der Waals surface area contributed by atoms with Gasteiger partial charge in [-0.2, -0.15) is 0 Å². The van der Waals surface area contributed by atoms with Crippen molar-refractivity contribution < 1.29 is 9.59 Å². The van der Waals surface area contributed by atoms with Crippen molar-refractivity contribution in [1.29, 1.82) is 0 Å². The summed E-state index contributed by atoms with van der Waals surface area (Å²) in [6.45, 7) is 3.53. The molecule has 2 amide bonds. The quantitative estimate of drug-likeness (QED) is 0.388. The Morgan fingerprint density at radius 2 is 1.77 bits per heavy atom. The number of aromatic nitrogens is 4. The Hall–Kier alpha value is -3.92. The number of hydrogen-bond acceptors (Lipinski definition) is 5. The van der Waals surface area contributed by atoms with Crippen LogP contribution in [-0.2, 0) is 22.7 Å². The van der Waals surface area contributed by atoms with Crippen molar-refractivity contribution in [3.05, 3.63) is 74.4 Å². The first kappa shape index (κ1) is 24.2. The summed E-state index contributed by atoms with van der Waals surface area (Å²) < 4.78 is 3.59. The topological polar surface area (TPSA) is 120 Å². The Kier molecular flexibility index (Phi) is 7.02. The molecule has 35 heavy (non-hydrogen) atoms. The number of para-hydroxylation sites is 1. The zero-order chi connectivity index (χ0) is 25.1. The van der Waals surface area contributed by atoms with Crippen molar-refractivity contribution in [2.24, 2.45) is 0 Å². The van der Waals surface area contributed by atoms with Crippen molar-refractivity contribution in [3.63, 3.8) is 0 Å². The third kappa shape index (κ3) is 5.12. The monoisotopic (exact) mass is 496 g/mol. The Balaban J connectivity index is 1.70. The molecule has 0 spiro atoms. The van der Waals surface area contributed by atoms with Crippen LogP contribution < -0.4 is 21.9 Å². The van der Waals surface area contributed by atoms with Gasteiger partial charge in [-0.15, -0.1) is 5.10 Å². The SMILES string of the molecule is CC[C@@H](C)NC(=O)CCn1c(=O)c2ccccc2n2c(=O)n(CC(=O)Nc3ccc(Cl)cc3)nc12. The smallest absolute Gasteiger partial charge is 0.352 e. The zero-order valence-electron chi connectivity index (χ0n) is 19.3. The van der Waals surface area contributed by atoms with E-state index in [0.717, 1.165) is 11.1 Å². The fourth-order valence-corrected chi connectivity index (χ4v) is 3.83. The van der Waals surface area contributed by atoms with E-state index in [-0.39, 0.29) is 42.8 Å². The molecular formula is C24H25ClN6O4. The van der Waals surface area contributed by atoms with Gasteiger partial charge in [-0.05, 0) is 49.7 Å². The second kappa shape index (κ2) is 10.1. The Morgan fingerprint density at radius 3 is 2.49 bits per heavy atom. The van der Waals surface area contributed by atoms with E-state index in [1.807, 2.05) is 13.8 Å². The van der Waals surface area contributed by atoms with Crippen LogP contribution in [0.5, 0.6) is 0 Å². The number of benzene rings is 2. The first-order valence-corrected chi connectivity index (χ1v) is 11.6. The number of nitrogens with one attached hydrogen (secondary N) is 2. The summed E-state index contributed by atoms with van der Waals surface area (Å²) in [5.41, 5.74) is -0.0412. The van der Waals surface area contributed by atoms with E-state index in [9.17, 15) is 19.2 Å². The number of carbonyl (C=O) groups excluding carboxylic acids is 2. The van der Waals surface area contributed by atoms with Crippen LogP contribution in [0, 0.1) is 0 Å². The molecule has 0 saturated heterocycles. The lowest BCUT2D eigenvalue weighted by Crippen LogP contribution is -2.34. The van der Waals surface area contributed by atoms with Crippen LogP contribution >= 0.6 is 11.6 Å². The summed E-state index contributed by atoms with van der Waals surface area (Å²) in [4.78, 5) is 51.4. The van der Waals surface area contributed by atoms with Crippen molar-refractivity contribution >= 4 is 45.8 Å². The number of halogens is 1. The normalized spacial score (nSPS) is 12.1. The molecule has 2 aromatic heterocycles. The summed E-state index contributed by atoms with van der Waals surface area (Å²) in [6.07, 6.45) is 0.820. The molecule has 0 bridgehead atoms. The Morgan fingerprint density at radius 1 is 1.06 bits per heavy atom. The zero-order valence-corrected chi connectivity index (χ0v) is 20.1. The molecule has 0 aliphatic rings. The van der Waals surface area contributed by atoms with Crippen LogP contribution in [0.1, 0.15) is 26.7 Å². The lowest BCUT2D eigenvalue weighted by atomic mass is 10.2. The highest BCUT2D eigenvalue weighted by Crippen LogP contribution is 2.14. The van der Waals surface area contributed by atoms with Crippen LogP contribution in [0.25, 0.3) is 16.7 Å². The molecule has 182 valence electrons. The maximum Gasteiger partial charge on any atom is 0.352 e. The first-order valence-electron chi connectivity index (χ1n) is 11.2. The number of anilines is 1. The minimum absolute atomic E-state index is 0.0109. The van der Waals surface area contributed by atoms with Gasteiger partial charge >= 0.3 is 5.69 Å². The lowest BCUT2D eigenvalue weighted by molar-refractivity contribution is -0.122. The third-order valence-corrected chi connectivity index (χ3v) is 5.94. The summed E-state index contributed by atoms with van der Waals surface area (Å²) in [7, 11) is 0. The van der Waals surface area contributed by atoms with Crippen molar-refractivity contribution in [3.8, 4) is 0 Å². The van der Waals surface area contributed by atoms with E-state index in [1.165, 1.54) is 8.97 Å². The van der Waals surface area contributed by atoms with Gasteiger partial charge < -0.3 is 10.6 Å². The number of amides is 2. The number of rotatable bonds is 8. The van der Waals surface area contributed by atoms with Gasteiger partial charge in [-0.1, -0.05) is 30.7 Å². The number of aryl methyl sites for hydroxylation is 1. The summed E-state index contributed by atoms with van der Waals surface area (Å²) in [6, 6.07) is 13.2. The maximum atomic E-state index is 13.2. The highest BCUT2D eigenvalue weighted by molar-refractivity contribution is 6.30. The number of hydrogen-bond donors (Lipinski definition) is 2. The van der Waals surface area contributed by atoms with Gasteiger partial charge in [0, 0.05) is 29.7 Å². The van der Waals surface area contributed by atoms with Crippen LogP contribution in [0.3, 0.4) is 0 Å². The van der Waals surface area contributed by atoms with Gasteiger partial charge in [0.1, 0.15) is 6.54 Å². The molecule has 2 N–H and O–H groups in total. The van der Waals surface area contributed by atoms with E-state index in [2.05, 4.69) is 15.7 Å². The maximum absolute atomic E-state index is 13.2. The van der Waals surface area contributed by atoms with Crippen LogP contribution in [0.15, 0.2) is 58.1 Å². The molecular weight excluding hydrogens is 472 g/mol. The predicted molar refractivity (Wildman–Crippen MR) is 134 cm³/mol. The number of fused-ring (bicyclic) bond motifs is 3. The van der Waals surface area contributed by atoms with Gasteiger partial charge in [0.15, 0.2) is 0 Å². The summed E-state index contributed by atoms with van der Waals surface area (Å²) in [5.74, 6) is -0.611. The van der Waals surface area contributed by atoms with E-state index in [1.54, 1.807) is 48.5 Å². The molecule has 0 aliphatic heterocycles. The lowest BCUT2D eigenvalue weighted by Gasteiger charge is -2.12. The molecule has 0 fully saturated rings. The molecule has 10 nitrogen and oxygen atoms in total. The molecule has 0 aliphatic carbocycles. The van der Waals surface area contributed by atoms with Gasteiger partial charge in [0.05, 0.1) is 10.9 Å². The number of carbonyl (C=O) groups is 2. The fourth-order valence-electron chi connectivity index (χ4n) is 3.70. The average molecular weight is 497 g/mol.